The SMILES string of the molecule is COc1cc(NCC(C)C)ncc1C(C)(C)O. The molecule has 0 saturated heterocycles. The summed E-state index contributed by atoms with van der Waals surface area (Å²) in [7, 11) is 1.59. The number of nitrogens with one attached hydrogen (secondary N) is 1. The van der Waals surface area contributed by atoms with E-state index in [4.69, 9.17) is 4.74 Å². The summed E-state index contributed by atoms with van der Waals surface area (Å²) < 4.78 is 5.28. The monoisotopic (exact) mass is 238 g/mol. The average molecular weight is 238 g/mol. The molecule has 0 unspecified atom stereocenters. The predicted molar refractivity (Wildman–Crippen MR) is 69.4 cm³/mol. The Kier molecular flexibility index (Phi) is 4.34. The number of nitrogens with zero attached hydrogens (tertiary/aromatic N) is 1. The van der Waals surface area contributed by atoms with Gasteiger partial charge in [-0.2, -0.15) is 0 Å². The average Bonchev–Trinajstić information content (AvgIpc) is 2.24. The summed E-state index contributed by atoms with van der Waals surface area (Å²) in [5, 5.41) is 13.2. The summed E-state index contributed by atoms with van der Waals surface area (Å²) in [6.07, 6.45) is 1.65. The Labute approximate surface area is 103 Å². The maximum atomic E-state index is 9.97. The van der Waals surface area contributed by atoms with Crippen LogP contribution in [0.1, 0.15) is 33.3 Å². The number of methoxy groups -OCH3 is 1. The molecule has 1 aromatic rings. The highest BCUT2D eigenvalue weighted by atomic mass is 16.5. The maximum absolute atomic E-state index is 9.97. The van der Waals surface area contributed by atoms with Gasteiger partial charge in [0.25, 0.3) is 0 Å². The van der Waals surface area contributed by atoms with E-state index in [9.17, 15) is 5.11 Å². The molecular weight excluding hydrogens is 216 g/mol. The first-order chi connectivity index (χ1) is 7.84. The van der Waals surface area contributed by atoms with Crippen molar-refractivity contribution in [3.05, 3.63) is 17.8 Å². The molecule has 0 aliphatic rings. The summed E-state index contributed by atoms with van der Waals surface area (Å²) in [5.74, 6) is 1.97. The fourth-order valence-electron chi connectivity index (χ4n) is 1.47. The number of hydrogen-bond acceptors (Lipinski definition) is 4. The van der Waals surface area contributed by atoms with E-state index < -0.39 is 5.60 Å². The lowest BCUT2D eigenvalue weighted by Crippen LogP contribution is -2.18. The summed E-state index contributed by atoms with van der Waals surface area (Å²) >= 11 is 0. The van der Waals surface area contributed by atoms with Gasteiger partial charge in [0.05, 0.1) is 12.7 Å². The van der Waals surface area contributed by atoms with E-state index in [1.165, 1.54) is 0 Å². The number of hydrogen-bond donors (Lipinski definition) is 2. The minimum Gasteiger partial charge on any atom is -0.496 e. The van der Waals surface area contributed by atoms with E-state index in [2.05, 4.69) is 24.1 Å². The first-order valence-electron chi connectivity index (χ1n) is 5.85. The molecule has 0 aliphatic heterocycles. The number of aromatic nitrogens is 1. The normalized spacial score (nSPS) is 11.7. The predicted octanol–water partition coefficient (Wildman–Crippen LogP) is 2.39. The van der Waals surface area contributed by atoms with Gasteiger partial charge in [0.1, 0.15) is 11.6 Å². The summed E-state index contributed by atoms with van der Waals surface area (Å²) in [6.45, 7) is 8.56. The zero-order valence-electron chi connectivity index (χ0n) is 11.2. The van der Waals surface area contributed by atoms with Gasteiger partial charge in [0, 0.05) is 24.4 Å². The van der Waals surface area contributed by atoms with Crippen LogP contribution < -0.4 is 10.1 Å². The maximum Gasteiger partial charge on any atom is 0.130 e. The van der Waals surface area contributed by atoms with Gasteiger partial charge in [0.2, 0.25) is 0 Å². The smallest absolute Gasteiger partial charge is 0.130 e. The lowest BCUT2D eigenvalue weighted by molar-refractivity contribution is 0.0753. The standard InChI is InChI=1S/C13H22N2O2/c1-9(2)7-14-12-6-11(17-5)10(8-15-12)13(3,4)16/h6,8-9,16H,7H2,1-5H3,(H,14,15). The number of aliphatic hydroxyl groups is 1. The summed E-state index contributed by atoms with van der Waals surface area (Å²) in [6, 6.07) is 1.82. The van der Waals surface area contributed by atoms with Crippen LogP contribution in [0.3, 0.4) is 0 Å². The highest BCUT2D eigenvalue weighted by molar-refractivity contribution is 5.46. The van der Waals surface area contributed by atoms with E-state index in [-0.39, 0.29) is 0 Å². The molecule has 0 aliphatic carbocycles. The van der Waals surface area contributed by atoms with Gasteiger partial charge >= 0.3 is 0 Å². The van der Waals surface area contributed by atoms with Gasteiger partial charge in [-0.05, 0) is 19.8 Å². The van der Waals surface area contributed by atoms with Crippen molar-refractivity contribution in [2.75, 3.05) is 19.0 Å². The van der Waals surface area contributed by atoms with Crippen molar-refractivity contribution in [2.45, 2.75) is 33.3 Å². The molecule has 96 valence electrons. The lowest BCUT2D eigenvalue weighted by Gasteiger charge is -2.21. The van der Waals surface area contributed by atoms with Crippen molar-refractivity contribution in [3.8, 4) is 5.75 Å². The Bertz CT molecular complexity index is 370. The number of rotatable bonds is 5. The molecule has 4 heteroatoms. The van der Waals surface area contributed by atoms with Crippen LogP contribution in [0.5, 0.6) is 5.75 Å². The van der Waals surface area contributed by atoms with Crippen molar-refractivity contribution in [1.29, 1.82) is 0 Å². The molecule has 1 aromatic heterocycles. The first kappa shape index (κ1) is 13.8. The van der Waals surface area contributed by atoms with Crippen LogP contribution in [0.25, 0.3) is 0 Å². The van der Waals surface area contributed by atoms with E-state index in [0.29, 0.717) is 17.2 Å². The van der Waals surface area contributed by atoms with Gasteiger partial charge in [-0.15, -0.1) is 0 Å². The molecule has 0 amide bonds. The Balaban J connectivity index is 2.93. The van der Waals surface area contributed by atoms with Crippen LogP contribution in [0.15, 0.2) is 12.3 Å². The molecule has 0 spiro atoms. The Morgan fingerprint density at radius 1 is 1.47 bits per heavy atom. The zero-order valence-corrected chi connectivity index (χ0v) is 11.2. The molecule has 0 radical (unpaired) electrons. The van der Waals surface area contributed by atoms with Crippen LogP contribution in [-0.2, 0) is 5.60 Å². The fourth-order valence-corrected chi connectivity index (χ4v) is 1.47. The Morgan fingerprint density at radius 3 is 2.59 bits per heavy atom. The van der Waals surface area contributed by atoms with Crippen LogP contribution in [0.4, 0.5) is 5.82 Å². The minimum absolute atomic E-state index is 0.553. The van der Waals surface area contributed by atoms with Crippen LogP contribution in [0, 0.1) is 5.92 Å². The molecule has 1 rings (SSSR count). The van der Waals surface area contributed by atoms with Crippen molar-refractivity contribution in [3.63, 3.8) is 0 Å². The van der Waals surface area contributed by atoms with Crippen molar-refractivity contribution < 1.29 is 9.84 Å². The lowest BCUT2D eigenvalue weighted by atomic mass is 9.99. The van der Waals surface area contributed by atoms with Crippen LogP contribution in [-0.4, -0.2) is 23.7 Å². The molecule has 0 fully saturated rings. The topological polar surface area (TPSA) is 54.4 Å². The van der Waals surface area contributed by atoms with Crippen LogP contribution >= 0.6 is 0 Å². The third kappa shape index (κ3) is 3.89. The van der Waals surface area contributed by atoms with E-state index >= 15 is 0 Å². The minimum atomic E-state index is -0.949. The van der Waals surface area contributed by atoms with Crippen molar-refractivity contribution in [2.24, 2.45) is 5.92 Å². The fraction of sp³-hybridized carbons (Fsp3) is 0.615. The second kappa shape index (κ2) is 5.36. The van der Waals surface area contributed by atoms with Crippen molar-refractivity contribution >= 4 is 5.82 Å². The quantitative estimate of drug-likeness (QED) is 0.827. The molecular formula is C13H22N2O2. The van der Waals surface area contributed by atoms with E-state index in [1.54, 1.807) is 27.2 Å². The largest absolute Gasteiger partial charge is 0.496 e. The van der Waals surface area contributed by atoms with Gasteiger partial charge < -0.3 is 15.2 Å². The molecule has 0 atom stereocenters. The van der Waals surface area contributed by atoms with Crippen LogP contribution in [0.2, 0.25) is 0 Å². The molecule has 0 bridgehead atoms. The number of pyridine rings is 1. The summed E-state index contributed by atoms with van der Waals surface area (Å²) in [4.78, 5) is 4.27. The second-order valence-electron chi connectivity index (χ2n) is 5.10. The Hall–Kier alpha value is -1.29. The third-order valence-corrected chi connectivity index (χ3v) is 2.44. The van der Waals surface area contributed by atoms with Crippen molar-refractivity contribution in [1.82, 2.24) is 4.98 Å². The molecule has 2 N–H and O–H groups in total. The summed E-state index contributed by atoms with van der Waals surface area (Å²) in [5.41, 5.74) is -0.260. The van der Waals surface area contributed by atoms with Gasteiger partial charge in [-0.3, -0.25) is 0 Å². The van der Waals surface area contributed by atoms with E-state index in [1.807, 2.05) is 6.07 Å². The number of ether oxygens (including phenoxy) is 1. The zero-order chi connectivity index (χ0) is 13.1. The molecule has 0 aromatic carbocycles. The number of anilines is 1. The molecule has 4 nitrogen and oxygen atoms in total. The van der Waals surface area contributed by atoms with Gasteiger partial charge in [-0.25, -0.2) is 4.98 Å². The molecule has 1 heterocycles. The highest BCUT2D eigenvalue weighted by Crippen LogP contribution is 2.30. The highest BCUT2D eigenvalue weighted by Gasteiger charge is 2.21. The molecule has 17 heavy (non-hydrogen) atoms. The van der Waals surface area contributed by atoms with Gasteiger partial charge in [-0.1, -0.05) is 13.8 Å². The molecule has 0 saturated carbocycles. The Morgan fingerprint density at radius 2 is 2.12 bits per heavy atom. The van der Waals surface area contributed by atoms with Gasteiger partial charge in [0.15, 0.2) is 0 Å². The first-order valence-corrected chi connectivity index (χ1v) is 5.85. The van der Waals surface area contributed by atoms with E-state index in [0.717, 1.165) is 12.4 Å². The third-order valence-electron chi connectivity index (χ3n) is 2.44. The second-order valence-corrected chi connectivity index (χ2v) is 5.10.